The number of Topliss-reactive ketones (excluding diaryl/α,β-unsaturated/α-hetero) is 1. The average Bonchev–Trinajstić information content (AvgIpc) is 2.61. The van der Waals surface area contributed by atoms with Gasteiger partial charge in [-0.1, -0.05) is 0 Å². The van der Waals surface area contributed by atoms with E-state index in [1.807, 2.05) is 0 Å². The monoisotopic (exact) mass is 390 g/mol. The van der Waals surface area contributed by atoms with Gasteiger partial charge in [-0.3, -0.25) is 4.79 Å². The van der Waals surface area contributed by atoms with Crippen LogP contribution in [0.4, 0.5) is 17.6 Å². The van der Waals surface area contributed by atoms with Crippen molar-refractivity contribution in [1.29, 1.82) is 0 Å². The van der Waals surface area contributed by atoms with Crippen LogP contribution in [0.2, 0.25) is 0 Å². The highest BCUT2D eigenvalue weighted by molar-refractivity contribution is 7.91. The number of ether oxygens (including phenoxy) is 1. The molecule has 0 heterocycles. The van der Waals surface area contributed by atoms with Crippen LogP contribution in [0.3, 0.4) is 0 Å². The van der Waals surface area contributed by atoms with E-state index in [0.717, 1.165) is 36.4 Å². The lowest BCUT2D eigenvalue weighted by Gasteiger charge is -2.07. The van der Waals surface area contributed by atoms with E-state index < -0.39 is 56.0 Å². The minimum Gasteiger partial charge on any atom is -0.454 e. The van der Waals surface area contributed by atoms with E-state index in [2.05, 4.69) is 4.74 Å². The summed E-state index contributed by atoms with van der Waals surface area (Å²) >= 11 is 0. The maximum Gasteiger partial charge on any atom is 0.341 e. The number of benzene rings is 2. The Balaban J connectivity index is 2.06. The Morgan fingerprint density at radius 2 is 1.62 bits per heavy atom. The van der Waals surface area contributed by atoms with Crippen molar-refractivity contribution in [3.8, 4) is 0 Å². The Hall–Kier alpha value is -2.75. The number of esters is 1. The van der Waals surface area contributed by atoms with Crippen molar-refractivity contribution >= 4 is 21.6 Å². The van der Waals surface area contributed by atoms with Crippen molar-refractivity contribution in [3.63, 3.8) is 0 Å². The maximum absolute atomic E-state index is 13.4. The molecule has 0 fully saturated rings. The molecule has 138 valence electrons. The SMILES string of the molecule is O=C(OCC(=O)c1cc(F)ccc1F)c1ccc(S(=O)(=O)C(F)F)cc1. The van der Waals surface area contributed by atoms with Gasteiger partial charge in [0.25, 0.3) is 0 Å². The molecular weight excluding hydrogens is 380 g/mol. The molecule has 0 amide bonds. The Bertz CT molecular complexity index is 940. The van der Waals surface area contributed by atoms with E-state index in [1.54, 1.807) is 0 Å². The third kappa shape index (κ3) is 4.26. The van der Waals surface area contributed by atoms with Gasteiger partial charge < -0.3 is 4.74 Å². The van der Waals surface area contributed by atoms with Crippen molar-refractivity contribution in [2.75, 3.05) is 6.61 Å². The number of carbonyl (C=O) groups excluding carboxylic acids is 2. The second kappa shape index (κ2) is 7.65. The van der Waals surface area contributed by atoms with Crippen molar-refractivity contribution in [2.24, 2.45) is 0 Å². The Morgan fingerprint density at radius 3 is 2.19 bits per heavy atom. The Labute approximate surface area is 145 Å². The quantitative estimate of drug-likeness (QED) is 0.431. The number of hydrogen-bond donors (Lipinski definition) is 0. The topological polar surface area (TPSA) is 77.5 Å². The fraction of sp³-hybridized carbons (Fsp3) is 0.125. The number of carbonyl (C=O) groups is 2. The first-order valence-corrected chi connectivity index (χ1v) is 8.45. The highest BCUT2D eigenvalue weighted by atomic mass is 32.2. The zero-order valence-electron chi connectivity index (χ0n) is 12.8. The van der Waals surface area contributed by atoms with Crippen molar-refractivity contribution in [1.82, 2.24) is 0 Å². The molecule has 0 aliphatic carbocycles. The molecule has 0 unspecified atom stereocenters. The van der Waals surface area contributed by atoms with Gasteiger partial charge in [-0.2, -0.15) is 8.78 Å². The normalized spacial score (nSPS) is 11.4. The lowest BCUT2D eigenvalue weighted by molar-refractivity contribution is 0.0473. The molecule has 0 aromatic heterocycles. The number of rotatable bonds is 6. The van der Waals surface area contributed by atoms with Crippen LogP contribution in [0.15, 0.2) is 47.4 Å². The van der Waals surface area contributed by atoms with Crippen LogP contribution >= 0.6 is 0 Å². The van der Waals surface area contributed by atoms with Crippen LogP contribution in [-0.4, -0.2) is 32.5 Å². The maximum atomic E-state index is 13.4. The number of hydrogen-bond acceptors (Lipinski definition) is 5. The predicted molar refractivity (Wildman–Crippen MR) is 80.6 cm³/mol. The van der Waals surface area contributed by atoms with Crippen LogP contribution in [-0.2, 0) is 14.6 Å². The van der Waals surface area contributed by atoms with Gasteiger partial charge in [0.1, 0.15) is 11.6 Å². The molecule has 0 bridgehead atoms. The van der Waals surface area contributed by atoms with Crippen LogP contribution in [0.1, 0.15) is 20.7 Å². The molecule has 26 heavy (non-hydrogen) atoms. The van der Waals surface area contributed by atoms with Crippen LogP contribution < -0.4 is 0 Å². The van der Waals surface area contributed by atoms with E-state index in [9.17, 15) is 35.6 Å². The van der Waals surface area contributed by atoms with Gasteiger partial charge in [0.2, 0.25) is 15.6 Å². The largest absolute Gasteiger partial charge is 0.454 e. The van der Waals surface area contributed by atoms with Gasteiger partial charge in [0.05, 0.1) is 16.0 Å². The summed E-state index contributed by atoms with van der Waals surface area (Å²) in [4.78, 5) is 22.9. The first kappa shape index (κ1) is 19.6. The van der Waals surface area contributed by atoms with Gasteiger partial charge in [-0.25, -0.2) is 22.0 Å². The molecule has 0 spiro atoms. The zero-order valence-corrected chi connectivity index (χ0v) is 13.6. The lowest BCUT2D eigenvalue weighted by atomic mass is 10.1. The van der Waals surface area contributed by atoms with Gasteiger partial charge >= 0.3 is 11.7 Å². The van der Waals surface area contributed by atoms with Crippen LogP contribution in [0.5, 0.6) is 0 Å². The zero-order chi connectivity index (χ0) is 19.5. The van der Waals surface area contributed by atoms with Crippen LogP contribution in [0, 0.1) is 11.6 Å². The molecule has 5 nitrogen and oxygen atoms in total. The summed E-state index contributed by atoms with van der Waals surface area (Å²) in [6, 6.07) is 5.61. The summed E-state index contributed by atoms with van der Waals surface area (Å²) in [6.45, 7) is -0.893. The van der Waals surface area contributed by atoms with Gasteiger partial charge in [-0.05, 0) is 42.5 Å². The minimum atomic E-state index is -4.81. The summed E-state index contributed by atoms with van der Waals surface area (Å²) in [7, 11) is -4.81. The minimum absolute atomic E-state index is 0.217. The average molecular weight is 390 g/mol. The number of alkyl halides is 2. The molecule has 0 saturated carbocycles. The molecule has 2 aromatic rings. The fourth-order valence-corrected chi connectivity index (χ4v) is 2.61. The molecule has 0 N–H and O–H groups in total. The van der Waals surface area contributed by atoms with Crippen molar-refractivity contribution in [3.05, 3.63) is 65.2 Å². The third-order valence-electron chi connectivity index (χ3n) is 3.22. The molecule has 10 heteroatoms. The van der Waals surface area contributed by atoms with E-state index in [-0.39, 0.29) is 5.56 Å². The van der Waals surface area contributed by atoms with E-state index in [1.165, 1.54) is 0 Å². The molecule has 0 radical (unpaired) electrons. The van der Waals surface area contributed by atoms with Crippen molar-refractivity contribution < 1.29 is 40.3 Å². The standard InChI is InChI=1S/C16H10F4O5S/c17-10-3-6-13(18)12(7-10)14(21)8-25-15(22)9-1-4-11(5-2-9)26(23,24)16(19)20/h1-7,16H,8H2. The first-order chi connectivity index (χ1) is 12.1. The summed E-state index contributed by atoms with van der Waals surface area (Å²) in [5.74, 6) is -7.52. The summed E-state index contributed by atoms with van der Waals surface area (Å²) in [6.07, 6.45) is 0. The number of halogens is 4. The summed E-state index contributed by atoms with van der Waals surface area (Å²) < 4.78 is 78.5. The van der Waals surface area contributed by atoms with Crippen LogP contribution in [0.25, 0.3) is 0 Å². The highest BCUT2D eigenvalue weighted by Gasteiger charge is 2.26. The molecular formula is C16H10F4O5S. The molecule has 0 atom stereocenters. The highest BCUT2D eigenvalue weighted by Crippen LogP contribution is 2.19. The molecule has 0 aliphatic rings. The second-order valence-electron chi connectivity index (χ2n) is 4.95. The lowest BCUT2D eigenvalue weighted by Crippen LogP contribution is -2.16. The van der Waals surface area contributed by atoms with Crippen molar-refractivity contribution in [2.45, 2.75) is 10.7 Å². The molecule has 0 saturated heterocycles. The van der Waals surface area contributed by atoms with Gasteiger partial charge in [0, 0.05) is 0 Å². The van der Waals surface area contributed by atoms with Gasteiger partial charge in [0.15, 0.2) is 6.61 Å². The first-order valence-electron chi connectivity index (χ1n) is 6.90. The molecule has 0 aliphatic heterocycles. The predicted octanol–water partition coefficient (Wildman–Crippen LogP) is 3.00. The Morgan fingerprint density at radius 1 is 1.00 bits per heavy atom. The Kier molecular flexibility index (Phi) is 5.76. The number of ketones is 1. The third-order valence-corrected chi connectivity index (χ3v) is 4.61. The smallest absolute Gasteiger partial charge is 0.341 e. The summed E-state index contributed by atoms with van der Waals surface area (Å²) in [5.41, 5.74) is -0.818. The number of sulfone groups is 1. The molecule has 2 aromatic carbocycles. The fourth-order valence-electron chi connectivity index (χ4n) is 1.89. The summed E-state index contributed by atoms with van der Waals surface area (Å²) in [5, 5.41) is 0. The second-order valence-corrected chi connectivity index (χ2v) is 6.87. The van der Waals surface area contributed by atoms with E-state index in [0.29, 0.717) is 6.07 Å². The van der Waals surface area contributed by atoms with E-state index >= 15 is 0 Å². The molecule has 2 rings (SSSR count). The van der Waals surface area contributed by atoms with Gasteiger partial charge in [-0.15, -0.1) is 0 Å². The van der Waals surface area contributed by atoms with E-state index in [4.69, 9.17) is 0 Å².